The molecule has 0 spiro atoms. The van der Waals surface area contributed by atoms with Gasteiger partial charge in [-0.15, -0.1) is 5.10 Å². The quantitative estimate of drug-likeness (QED) is 0.734. The van der Waals surface area contributed by atoms with Crippen LogP contribution in [0.5, 0.6) is 0 Å². The van der Waals surface area contributed by atoms with Gasteiger partial charge in [0.1, 0.15) is 0 Å². The summed E-state index contributed by atoms with van der Waals surface area (Å²) in [6, 6.07) is 13.5. The summed E-state index contributed by atoms with van der Waals surface area (Å²) < 4.78 is 2.67. The first-order valence-corrected chi connectivity index (χ1v) is 6.86. The topological polar surface area (TPSA) is 69.6 Å². The van der Waals surface area contributed by atoms with Crippen LogP contribution in [0.2, 0.25) is 0 Å². The minimum atomic E-state index is 0.629. The van der Waals surface area contributed by atoms with Gasteiger partial charge in [0.05, 0.1) is 5.69 Å². The molecule has 0 radical (unpaired) electrons. The van der Waals surface area contributed by atoms with Crippen molar-refractivity contribution in [1.82, 2.24) is 20.2 Å². The summed E-state index contributed by atoms with van der Waals surface area (Å²) in [5.74, 6) is 0.629. The van der Waals surface area contributed by atoms with Gasteiger partial charge in [-0.3, -0.25) is 0 Å². The molecule has 0 bridgehead atoms. The number of tetrazole rings is 1. The predicted molar refractivity (Wildman–Crippen MR) is 81.4 cm³/mol. The number of rotatable bonds is 2. The third-order valence-electron chi connectivity index (χ3n) is 3.07. The summed E-state index contributed by atoms with van der Waals surface area (Å²) in [6.45, 7) is 2.02. The maximum Gasteiger partial charge on any atom is 0.189 e. The summed E-state index contributed by atoms with van der Waals surface area (Å²) in [4.78, 5) is 0. The molecule has 5 nitrogen and oxygen atoms in total. The number of halogens is 1. The Hall–Kier alpha value is -2.21. The lowest BCUT2D eigenvalue weighted by Crippen LogP contribution is -2.03. The normalized spacial score (nSPS) is 10.7. The van der Waals surface area contributed by atoms with E-state index in [4.69, 9.17) is 5.73 Å². The zero-order valence-corrected chi connectivity index (χ0v) is 12.4. The first-order valence-electron chi connectivity index (χ1n) is 6.06. The van der Waals surface area contributed by atoms with Crippen molar-refractivity contribution in [1.29, 1.82) is 0 Å². The van der Waals surface area contributed by atoms with E-state index in [0.29, 0.717) is 11.5 Å². The highest BCUT2D eigenvalue weighted by atomic mass is 79.9. The molecule has 1 aromatic heterocycles. The Balaban J connectivity index is 2.21. The van der Waals surface area contributed by atoms with E-state index < -0.39 is 0 Å². The number of nitrogen functional groups attached to an aromatic ring is 1. The smallest absolute Gasteiger partial charge is 0.189 e. The van der Waals surface area contributed by atoms with Crippen molar-refractivity contribution in [2.75, 3.05) is 5.73 Å². The number of benzene rings is 2. The number of nitrogens with zero attached hydrogens (tertiary/aromatic N) is 4. The van der Waals surface area contributed by atoms with Crippen molar-refractivity contribution >= 4 is 21.6 Å². The zero-order valence-electron chi connectivity index (χ0n) is 10.8. The average molecular weight is 330 g/mol. The summed E-state index contributed by atoms with van der Waals surface area (Å²) in [5, 5.41) is 12.0. The average Bonchev–Trinajstić information content (AvgIpc) is 2.91. The maximum absolute atomic E-state index is 6.01. The Kier molecular flexibility index (Phi) is 3.23. The summed E-state index contributed by atoms with van der Waals surface area (Å²) >= 11 is 3.47. The zero-order chi connectivity index (χ0) is 14.1. The molecule has 0 amide bonds. The molecule has 1 heterocycles. The minimum Gasteiger partial charge on any atom is -0.398 e. The number of aromatic nitrogens is 4. The third-order valence-corrected chi connectivity index (χ3v) is 3.56. The third kappa shape index (κ3) is 2.18. The molecule has 2 N–H and O–H groups in total. The summed E-state index contributed by atoms with van der Waals surface area (Å²) in [5.41, 5.74) is 9.47. The van der Waals surface area contributed by atoms with E-state index in [2.05, 4.69) is 31.5 Å². The Morgan fingerprint density at radius 1 is 1.15 bits per heavy atom. The molecule has 0 aliphatic heterocycles. The first-order chi connectivity index (χ1) is 9.66. The van der Waals surface area contributed by atoms with Crippen molar-refractivity contribution in [3.8, 4) is 17.1 Å². The predicted octanol–water partition coefficient (Wildman–Crippen LogP) is 2.98. The van der Waals surface area contributed by atoms with Crippen LogP contribution in [0.4, 0.5) is 5.69 Å². The number of hydrogen-bond acceptors (Lipinski definition) is 4. The van der Waals surface area contributed by atoms with Gasteiger partial charge in [-0.25, -0.2) is 0 Å². The molecular formula is C14H12BrN5. The molecule has 0 aliphatic rings. The second kappa shape index (κ2) is 5.05. The van der Waals surface area contributed by atoms with Gasteiger partial charge in [-0.1, -0.05) is 34.1 Å². The SMILES string of the molecule is Cc1ccc(Br)cc1-n1nnnc1-c1ccccc1N. The van der Waals surface area contributed by atoms with E-state index in [1.165, 1.54) is 0 Å². The Labute approximate surface area is 124 Å². The second-order valence-electron chi connectivity index (χ2n) is 4.43. The standard InChI is InChI=1S/C14H12BrN5/c1-9-6-7-10(15)8-13(9)20-14(17-18-19-20)11-4-2-3-5-12(11)16/h2-8H,16H2,1H3. The lowest BCUT2D eigenvalue weighted by atomic mass is 10.1. The van der Waals surface area contributed by atoms with E-state index in [-0.39, 0.29) is 0 Å². The van der Waals surface area contributed by atoms with Gasteiger partial charge in [-0.2, -0.15) is 4.68 Å². The fourth-order valence-electron chi connectivity index (χ4n) is 2.03. The monoisotopic (exact) mass is 329 g/mol. The van der Waals surface area contributed by atoms with Crippen LogP contribution >= 0.6 is 15.9 Å². The molecule has 20 heavy (non-hydrogen) atoms. The molecule has 0 unspecified atom stereocenters. The van der Waals surface area contributed by atoms with Crippen LogP contribution in [0, 0.1) is 6.92 Å². The number of para-hydroxylation sites is 1. The molecule has 3 rings (SSSR count). The van der Waals surface area contributed by atoms with Crippen LogP contribution in [0.25, 0.3) is 17.1 Å². The highest BCUT2D eigenvalue weighted by Crippen LogP contribution is 2.27. The highest BCUT2D eigenvalue weighted by molar-refractivity contribution is 9.10. The van der Waals surface area contributed by atoms with Crippen molar-refractivity contribution in [3.05, 3.63) is 52.5 Å². The summed E-state index contributed by atoms with van der Waals surface area (Å²) in [7, 11) is 0. The molecule has 0 saturated carbocycles. The van der Waals surface area contributed by atoms with Crippen molar-refractivity contribution in [2.24, 2.45) is 0 Å². The Bertz CT molecular complexity index is 766. The number of nitrogens with two attached hydrogens (primary N) is 1. The van der Waals surface area contributed by atoms with Gasteiger partial charge in [0, 0.05) is 15.7 Å². The molecule has 100 valence electrons. The fraction of sp³-hybridized carbons (Fsp3) is 0.0714. The Morgan fingerprint density at radius 2 is 1.95 bits per heavy atom. The molecule has 0 aliphatic carbocycles. The van der Waals surface area contributed by atoms with Crippen LogP contribution in [0.15, 0.2) is 46.9 Å². The van der Waals surface area contributed by atoms with Crippen molar-refractivity contribution in [3.63, 3.8) is 0 Å². The van der Waals surface area contributed by atoms with Crippen LogP contribution < -0.4 is 5.73 Å². The van der Waals surface area contributed by atoms with Gasteiger partial charge in [0.25, 0.3) is 0 Å². The van der Waals surface area contributed by atoms with Crippen molar-refractivity contribution in [2.45, 2.75) is 6.92 Å². The molecule has 2 aromatic carbocycles. The summed E-state index contributed by atoms with van der Waals surface area (Å²) in [6.07, 6.45) is 0. The van der Waals surface area contributed by atoms with E-state index in [9.17, 15) is 0 Å². The van der Waals surface area contributed by atoms with Crippen LogP contribution in [0.3, 0.4) is 0 Å². The Morgan fingerprint density at radius 3 is 2.75 bits per heavy atom. The molecule has 3 aromatic rings. The van der Waals surface area contributed by atoms with Crippen molar-refractivity contribution < 1.29 is 0 Å². The van der Waals surface area contributed by atoms with Gasteiger partial charge >= 0.3 is 0 Å². The van der Waals surface area contributed by atoms with E-state index in [0.717, 1.165) is 21.3 Å². The van der Waals surface area contributed by atoms with E-state index in [1.54, 1.807) is 4.68 Å². The van der Waals surface area contributed by atoms with Gasteiger partial charge in [-0.05, 0) is 47.2 Å². The van der Waals surface area contributed by atoms with E-state index >= 15 is 0 Å². The van der Waals surface area contributed by atoms with Crippen LogP contribution in [-0.4, -0.2) is 20.2 Å². The van der Waals surface area contributed by atoms with Crippen LogP contribution in [-0.2, 0) is 0 Å². The molecule has 0 atom stereocenters. The van der Waals surface area contributed by atoms with E-state index in [1.807, 2.05) is 49.4 Å². The van der Waals surface area contributed by atoms with Crippen LogP contribution in [0.1, 0.15) is 5.56 Å². The lowest BCUT2D eigenvalue weighted by molar-refractivity contribution is 0.787. The van der Waals surface area contributed by atoms with Gasteiger partial charge in [0.15, 0.2) is 5.82 Å². The first kappa shape index (κ1) is 12.8. The molecular weight excluding hydrogens is 318 g/mol. The number of aryl methyl sites for hydroxylation is 1. The largest absolute Gasteiger partial charge is 0.398 e. The molecule has 6 heteroatoms. The highest BCUT2D eigenvalue weighted by Gasteiger charge is 2.14. The lowest BCUT2D eigenvalue weighted by Gasteiger charge is -2.09. The maximum atomic E-state index is 6.01. The second-order valence-corrected chi connectivity index (χ2v) is 5.35. The molecule has 0 fully saturated rings. The fourth-order valence-corrected chi connectivity index (χ4v) is 2.38. The number of hydrogen-bond donors (Lipinski definition) is 1. The van der Waals surface area contributed by atoms with Gasteiger partial charge < -0.3 is 5.73 Å². The minimum absolute atomic E-state index is 0.629. The number of anilines is 1. The molecule has 0 saturated heterocycles. The van der Waals surface area contributed by atoms with Gasteiger partial charge in [0.2, 0.25) is 0 Å².